The summed E-state index contributed by atoms with van der Waals surface area (Å²) in [6, 6.07) is 8.73. The van der Waals surface area contributed by atoms with Gasteiger partial charge in [0.15, 0.2) is 5.82 Å². The monoisotopic (exact) mass is 500 g/mol. The van der Waals surface area contributed by atoms with Crippen LogP contribution in [-0.4, -0.2) is 55.7 Å². The van der Waals surface area contributed by atoms with E-state index in [-0.39, 0.29) is 11.7 Å². The van der Waals surface area contributed by atoms with Crippen molar-refractivity contribution in [3.8, 4) is 10.4 Å². The normalized spacial score (nSPS) is 15.0. The molecule has 1 aliphatic heterocycles. The third-order valence-corrected chi connectivity index (χ3v) is 7.64. The molecule has 0 saturated carbocycles. The van der Waals surface area contributed by atoms with Crippen LogP contribution in [0.5, 0.6) is 0 Å². The smallest absolute Gasteiger partial charge is 0.225 e. The van der Waals surface area contributed by atoms with E-state index in [9.17, 15) is 4.39 Å². The number of anilines is 2. The van der Waals surface area contributed by atoms with Gasteiger partial charge in [-0.1, -0.05) is 19.1 Å². The summed E-state index contributed by atoms with van der Waals surface area (Å²) < 4.78 is 15.1. The summed E-state index contributed by atoms with van der Waals surface area (Å²) in [5.41, 5.74) is 4.14. The molecule has 182 valence electrons. The van der Waals surface area contributed by atoms with Gasteiger partial charge in [-0.2, -0.15) is 5.10 Å². The minimum Gasteiger partial charge on any atom is -0.351 e. The zero-order chi connectivity index (χ0) is 24.6. The van der Waals surface area contributed by atoms with Gasteiger partial charge in [0.1, 0.15) is 17.7 Å². The molecule has 5 heterocycles. The van der Waals surface area contributed by atoms with Crippen molar-refractivity contribution >= 4 is 28.6 Å². The van der Waals surface area contributed by atoms with Crippen LogP contribution >= 0.6 is 11.3 Å². The summed E-state index contributed by atoms with van der Waals surface area (Å²) in [6.07, 6.45) is 9.30. The molecule has 36 heavy (non-hydrogen) atoms. The van der Waals surface area contributed by atoms with Gasteiger partial charge >= 0.3 is 0 Å². The number of rotatable bonds is 5. The van der Waals surface area contributed by atoms with Crippen LogP contribution < -0.4 is 9.80 Å². The number of aromatic nitrogens is 6. The summed E-state index contributed by atoms with van der Waals surface area (Å²) >= 11 is 1.68. The highest BCUT2D eigenvalue weighted by Gasteiger charge is 2.23. The zero-order valence-corrected chi connectivity index (χ0v) is 20.9. The summed E-state index contributed by atoms with van der Waals surface area (Å²) in [4.78, 5) is 23.9. The second-order valence-electron chi connectivity index (χ2n) is 8.95. The second kappa shape index (κ2) is 9.27. The second-order valence-corrected chi connectivity index (χ2v) is 10.2. The molecule has 0 radical (unpaired) electrons. The average molecular weight is 501 g/mol. The van der Waals surface area contributed by atoms with E-state index in [2.05, 4.69) is 47.8 Å². The van der Waals surface area contributed by atoms with E-state index >= 15 is 0 Å². The zero-order valence-electron chi connectivity index (χ0n) is 20.0. The fourth-order valence-corrected chi connectivity index (χ4v) is 5.33. The summed E-state index contributed by atoms with van der Waals surface area (Å²) in [5, 5.41) is 5.46. The molecule has 0 amide bonds. The van der Waals surface area contributed by atoms with Crippen LogP contribution in [0.25, 0.3) is 16.0 Å². The van der Waals surface area contributed by atoms with Crippen molar-refractivity contribution in [2.75, 3.05) is 36.0 Å². The molecule has 1 aromatic carbocycles. The van der Waals surface area contributed by atoms with Gasteiger partial charge in [-0.25, -0.2) is 28.8 Å². The number of halogens is 1. The maximum Gasteiger partial charge on any atom is 0.225 e. The van der Waals surface area contributed by atoms with Crippen molar-refractivity contribution in [2.24, 2.45) is 0 Å². The Kier molecular flexibility index (Phi) is 5.80. The van der Waals surface area contributed by atoms with Crippen molar-refractivity contribution < 1.29 is 4.39 Å². The molecule has 0 N–H and O–H groups in total. The first kappa shape index (κ1) is 22.5. The molecular weight excluding hydrogens is 475 g/mol. The molecule has 4 aromatic heterocycles. The first-order chi connectivity index (χ1) is 17.5. The molecule has 1 aliphatic rings. The number of piperazine rings is 1. The third-order valence-electron chi connectivity index (χ3n) is 6.68. The highest BCUT2D eigenvalue weighted by molar-refractivity contribution is 7.15. The lowest BCUT2D eigenvalue weighted by Crippen LogP contribution is -2.47. The van der Waals surface area contributed by atoms with Crippen molar-refractivity contribution in [1.82, 2.24) is 29.5 Å². The van der Waals surface area contributed by atoms with Crippen LogP contribution in [0.3, 0.4) is 0 Å². The molecule has 5 aromatic rings. The number of hydrogen-bond acceptors (Lipinski definition) is 8. The Morgan fingerprint density at radius 3 is 2.31 bits per heavy atom. The van der Waals surface area contributed by atoms with Gasteiger partial charge in [0.05, 0.1) is 9.88 Å². The molecule has 0 unspecified atom stereocenters. The molecule has 1 atom stereocenters. The molecule has 1 saturated heterocycles. The van der Waals surface area contributed by atoms with Crippen LogP contribution in [0.2, 0.25) is 0 Å². The highest BCUT2D eigenvalue weighted by Crippen LogP contribution is 2.31. The quantitative estimate of drug-likeness (QED) is 0.350. The van der Waals surface area contributed by atoms with E-state index in [1.807, 2.05) is 48.4 Å². The largest absolute Gasteiger partial charge is 0.351 e. The van der Waals surface area contributed by atoms with Gasteiger partial charge in [-0.15, -0.1) is 11.3 Å². The van der Waals surface area contributed by atoms with Crippen LogP contribution in [0.1, 0.15) is 29.0 Å². The predicted octanol–water partition coefficient (Wildman–Crippen LogP) is 4.57. The van der Waals surface area contributed by atoms with Gasteiger partial charge < -0.3 is 9.80 Å². The lowest BCUT2D eigenvalue weighted by molar-refractivity contribution is 0.626. The minimum absolute atomic E-state index is 0.0949. The predicted molar refractivity (Wildman–Crippen MR) is 139 cm³/mol. The van der Waals surface area contributed by atoms with Crippen LogP contribution in [0, 0.1) is 12.7 Å². The van der Waals surface area contributed by atoms with Gasteiger partial charge in [0, 0.05) is 62.4 Å². The van der Waals surface area contributed by atoms with Gasteiger partial charge in [0.25, 0.3) is 0 Å². The van der Waals surface area contributed by atoms with E-state index in [1.165, 1.54) is 12.1 Å². The Bertz CT molecular complexity index is 1490. The standard InChI is InChI=1S/C26H25FN8S/c1-17(19-3-5-22(27)6-4-19)21-12-29-26(30-13-21)34-9-7-33(8-10-34)25-23-11-20(15-35(23)32-16-31-25)24-14-28-18(2)36-24/h3-6,11-17H,7-10H2,1-2H3/t17-/m1/s1. The summed E-state index contributed by atoms with van der Waals surface area (Å²) in [6.45, 7) is 7.30. The summed E-state index contributed by atoms with van der Waals surface area (Å²) in [5.74, 6) is 1.52. The Balaban J connectivity index is 1.15. The van der Waals surface area contributed by atoms with Crippen molar-refractivity contribution in [1.29, 1.82) is 0 Å². The fourth-order valence-electron chi connectivity index (χ4n) is 4.57. The van der Waals surface area contributed by atoms with E-state index in [1.54, 1.807) is 17.7 Å². The van der Waals surface area contributed by atoms with Crippen LogP contribution in [-0.2, 0) is 0 Å². The average Bonchev–Trinajstić information content (AvgIpc) is 3.55. The number of thiazole rings is 1. The van der Waals surface area contributed by atoms with E-state index < -0.39 is 0 Å². The fraction of sp³-hybridized carbons (Fsp3) is 0.269. The molecule has 1 fully saturated rings. The molecule has 10 heteroatoms. The number of fused-ring (bicyclic) bond motifs is 1. The first-order valence-corrected chi connectivity index (χ1v) is 12.7. The highest BCUT2D eigenvalue weighted by atomic mass is 32.1. The lowest BCUT2D eigenvalue weighted by Gasteiger charge is -2.35. The Hall–Kier alpha value is -3.92. The molecular formula is C26H25FN8S. The Labute approximate surface area is 212 Å². The minimum atomic E-state index is -0.230. The first-order valence-electron chi connectivity index (χ1n) is 11.9. The van der Waals surface area contributed by atoms with E-state index in [4.69, 9.17) is 0 Å². The Morgan fingerprint density at radius 2 is 1.61 bits per heavy atom. The van der Waals surface area contributed by atoms with Crippen molar-refractivity contribution in [3.05, 3.63) is 83.4 Å². The lowest BCUT2D eigenvalue weighted by atomic mass is 9.95. The van der Waals surface area contributed by atoms with Gasteiger partial charge in [0.2, 0.25) is 5.95 Å². The third kappa shape index (κ3) is 4.28. The summed E-state index contributed by atoms with van der Waals surface area (Å²) in [7, 11) is 0. The topological polar surface area (TPSA) is 75.3 Å². The maximum atomic E-state index is 13.3. The molecule has 6 rings (SSSR count). The maximum absolute atomic E-state index is 13.3. The van der Waals surface area contributed by atoms with Crippen LogP contribution in [0.15, 0.2) is 61.4 Å². The number of aryl methyl sites for hydroxylation is 1. The Morgan fingerprint density at radius 1 is 0.889 bits per heavy atom. The molecule has 8 nitrogen and oxygen atoms in total. The van der Waals surface area contributed by atoms with Crippen LogP contribution in [0.4, 0.5) is 16.2 Å². The van der Waals surface area contributed by atoms with E-state index in [0.29, 0.717) is 0 Å². The van der Waals surface area contributed by atoms with Crippen molar-refractivity contribution in [2.45, 2.75) is 19.8 Å². The van der Waals surface area contributed by atoms with Gasteiger partial charge in [-0.3, -0.25) is 0 Å². The number of benzene rings is 1. The van der Waals surface area contributed by atoms with E-state index in [0.717, 1.165) is 70.0 Å². The van der Waals surface area contributed by atoms with Crippen molar-refractivity contribution in [3.63, 3.8) is 0 Å². The molecule has 0 spiro atoms. The SMILES string of the molecule is Cc1ncc(-c2cc3c(N4CCN(c5ncc([C@H](C)c6ccc(F)cc6)cn5)CC4)ncnn3c2)s1. The van der Waals surface area contributed by atoms with Gasteiger partial charge in [-0.05, 0) is 36.2 Å². The molecule has 0 aliphatic carbocycles. The number of nitrogens with zero attached hydrogens (tertiary/aromatic N) is 8. The molecule has 0 bridgehead atoms. The number of hydrogen-bond donors (Lipinski definition) is 0.